The number of aryl methyl sites for hydroxylation is 3. The number of imidazole rings is 1. The molecule has 0 aliphatic rings. The third-order valence-corrected chi connectivity index (χ3v) is 4.84. The summed E-state index contributed by atoms with van der Waals surface area (Å²) in [6, 6.07) is 12.6. The van der Waals surface area contributed by atoms with Gasteiger partial charge in [-0.1, -0.05) is 24.3 Å². The minimum atomic E-state index is 0.144. The number of aromatic nitrogens is 3. The fourth-order valence-corrected chi connectivity index (χ4v) is 3.60. The largest absolute Gasteiger partial charge is 0.396 e. The van der Waals surface area contributed by atoms with E-state index >= 15 is 0 Å². The molecule has 0 aliphatic carbocycles. The van der Waals surface area contributed by atoms with Crippen LogP contribution in [0.4, 0.5) is 5.82 Å². The third-order valence-electron chi connectivity index (χ3n) is 4.84. The van der Waals surface area contributed by atoms with Crippen molar-refractivity contribution in [3.63, 3.8) is 0 Å². The molecule has 2 aromatic heterocycles. The Hall–Kier alpha value is -2.92. The first-order chi connectivity index (χ1) is 12.6. The first-order valence-corrected chi connectivity index (χ1v) is 8.83. The normalized spacial score (nSPS) is 11.5. The lowest BCUT2D eigenvalue weighted by molar-refractivity contribution is 0.287. The number of aliphatic hydroxyl groups is 1. The van der Waals surface area contributed by atoms with Crippen molar-refractivity contribution in [2.75, 3.05) is 12.3 Å². The average molecular weight is 346 g/mol. The molecule has 2 heterocycles. The molecule has 0 amide bonds. The second-order valence-electron chi connectivity index (χ2n) is 6.73. The Morgan fingerprint density at radius 1 is 1.08 bits per heavy atom. The predicted molar refractivity (Wildman–Crippen MR) is 106 cm³/mol. The predicted octanol–water partition coefficient (Wildman–Crippen LogP) is 3.90. The molecule has 4 rings (SSSR count). The minimum absolute atomic E-state index is 0.144. The van der Waals surface area contributed by atoms with Crippen LogP contribution in [0.3, 0.4) is 0 Å². The molecule has 0 saturated carbocycles. The maximum absolute atomic E-state index is 9.03. The number of nitrogens with two attached hydrogens (primary N) is 1. The minimum Gasteiger partial charge on any atom is -0.396 e. The molecule has 0 aliphatic heterocycles. The molecular formula is C21H22N4O. The molecule has 5 nitrogen and oxygen atoms in total. The highest BCUT2D eigenvalue weighted by Crippen LogP contribution is 2.32. The van der Waals surface area contributed by atoms with E-state index in [1.807, 2.05) is 0 Å². The first-order valence-electron chi connectivity index (χ1n) is 8.83. The Morgan fingerprint density at radius 3 is 2.58 bits per heavy atom. The lowest BCUT2D eigenvalue weighted by Gasteiger charge is -2.11. The number of aromatic amines is 1. The van der Waals surface area contributed by atoms with Crippen molar-refractivity contribution < 1.29 is 5.11 Å². The van der Waals surface area contributed by atoms with E-state index in [0.717, 1.165) is 33.3 Å². The average Bonchev–Trinajstić information content (AvgIpc) is 3.05. The Bertz CT molecular complexity index is 1090. The number of anilines is 1. The van der Waals surface area contributed by atoms with Crippen LogP contribution in [-0.4, -0.2) is 26.7 Å². The van der Waals surface area contributed by atoms with Crippen LogP contribution < -0.4 is 5.73 Å². The molecule has 2 aromatic carbocycles. The number of rotatable bonds is 4. The van der Waals surface area contributed by atoms with E-state index in [-0.39, 0.29) is 6.61 Å². The standard InChI is InChI=1S/C21H22N4O/c1-12-5-3-6-13(2)18(12)14-8-9-15-16(11-14)23-21(22)20-19(15)24-17(25-20)7-4-10-26/h3,5-6,8-9,11,26H,4,7,10H2,1-2H3,(H2,22,23)(H,24,25). The zero-order valence-electron chi connectivity index (χ0n) is 15.0. The highest BCUT2D eigenvalue weighted by molar-refractivity contribution is 6.07. The van der Waals surface area contributed by atoms with Crippen LogP contribution >= 0.6 is 0 Å². The number of nitrogens with zero attached hydrogens (tertiary/aromatic N) is 2. The van der Waals surface area contributed by atoms with E-state index in [9.17, 15) is 0 Å². The summed E-state index contributed by atoms with van der Waals surface area (Å²) in [6.45, 7) is 4.39. The van der Waals surface area contributed by atoms with Crippen molar-refractivity contribution in [2.45, 2.75) is 26.7 Å². The fraction of sp³-hybridized carbons (Fsp3) is 0.238. The van der Waals surface area contributed by atoms with Crippen molar-refractivity contribution in [3.8, 4) is 11.1 Å². The van der Waals surface area contributed by atoms with Crippen LogP contribution in [0, 0.1) is 13.8 Å². The van der Waals surface area contributed by atoms with Crippen molar-refractivity contribution >= 4 is 27.8 Å². The monoisotopic (exact) mass is 346 g/mol. The number of H-pyrrole nitrogens is 1. The molecule has 0 fully saturated rings. The zero-order chi connectivity index (χ0) is 18.3. The Kier molecular flexibility index (Phi) is 4.09. The number of pyridine rings is 1. The van der Waals surface area contributed by atoms with Gasteiger partial charge in [-0.2, -0.15) is 0 Å². The molecule has 4 aromatic rings. The molecule has 0 radical (unpaired) electrons. The van der Waals surface area contributed by atoms with Gasteiger partial charge in [0.1, 0.15) is 22.7 Å². The number of hydrogen-bond acceptors (Lipinski definition) is 4. The number of fused-ring (bicyclic) bond motifs is 3. The fourth-order valence-electron chi connectivity index (χ4n) is 3.60. The summed E-state index contributed by atoms with van der Waals surface area (Å²) >= 11 is 0. The van der Waals surface area contributed by atoms with E-state index in [1.165, 1.54) is 16.7 Å². The van der Waals surface area contributed by atoms with E-state index in [1.54, 1.807) is 0 Å². The van der Waals surface area contributed by atoms with Gasteiger partial charge in [0.15, 0.2) is 0 Å². The van der Waals surface area contributed by atoms with Crippen molar-refractivity contribution in [3.05, 3.63) is 53.3 Å². The molecule has 0 atom stereocenters. The molecule has 0 saturated heterocycles. The second-order valence-corrected chi connectivity index (χ2v) is 6.73. The van der Waals surface area contributed by atoms with E-state index in [0.29, 0.717) is 18.7 Å². The van der Waals surface area contributed by atoms with Gasteiger partial charge < -0.3 is 15.8 Å². The van der Waals surface area contributed by atoms with Crippen molar-refractivity contribution in [2.24, 2.45) is 0 Å². The third kappa shape index (κ3) is 2.70. The summed E-state index contributed by atoms with van der Waals surface area (Å²) in [5, 5.41) is 10.0. The molecular weight excluding hydrogens is 324 g/mol. The van der Waals surface area contributed by atoms with E-state index in [2.05, 4.69) is 60.2 Å². The van der Waals surface area contributed by atoms with E-state index in [4.69, 9.17) is 15.8 Å². The zero-order valence-corrected chi connectivity index (χ0v) is 15.0. The number of nitrogens with one attached hydrogen (secondary N) is 1. The molecule has 132 valence electrons. The van der Waals surface area contributed by atoms with Gasteiger partial charge in [-0.15, -0.1) is 0 Å². The second kappa shape index (κ2) is 6.42. The molecule has 0 unspecified atom stereocenters. The van der Waals surface area contributed by atoms with Gasteiger partial charge in [-0.25, -0.2) is 9.97 Å². The smallest absolute Gasteiger partial charge is 0.150 e. The van der Waals surface area contributed by atoms with Gasteiger partial charge in [0.25, 0.3) is 0 Å². The van der Waals surface area contributed by atoms with Crippen LogP contribution in [0.1, 0.15) is 23.4 Å². The van der Waals surface area contributed by atoms with Crippen LogP contribution in [-0.2, 0) is 6.42 Å². The van der Waals surface area contributed by atoms with Crippen LogP contribution in [0.5, 0.6) is 0 Å². The number of hydrogen-bond donors (Lipinski definition) is 3. The Balaban J connectivity index is 1.90. The molecule has 5 heteroatoms. The molecule has 26 heavy (non-hydrogen) atoms. The van der Waals surface area contributed by atoms with E-state index < -0.39 is 0 Å². The van der Waals surface area contributed by atoms with Gasteiger partial charge in [0, 0.05) is 18.4 Å². The molecule has 0 bridgehead atoms. The summed E-state index contributed by atoms with van der Waals surface area (Å²) in [5.41, 5.74) is 13.5. The number of aliphatic hydroxyl groups excluding tert-OH is 1. The van der Waals surface area contributed by atoms with Crippen LogP contribution in [0.2, 0.25) is 0 Å². The lowest BCUT2D eigenvalue weighted by Crippen LogP contribution is -1.94. The van der Waals surface area contributed by atoms with Crippen LogP contribution in [0.25, 0.3) is 33.1 Å². The number of nitrogen functional groups attached to an aromatic ring is 1. The summed E-state index contributed by atoms with van der Waals surface area (Å²) in [5.74, 6) is 1.28. The van der Waals surface area contributed by atoms with Crippen LogP contribution in [0.15, 0.2) is 36.4 Å². The lowest BCUT2D eigenvalue weighted by atomic mass is 9.95. The molecule has 0 spiro atoms. The number of benzene rings is 2. The molecule has 4 N–H and O–H groups in total. The maximum atomic E-state index is 9.03. The van der Waals surface area contributed by atoms with Crippen molar-refractivity contribution in [1.29, 1.82) is 0 Å². The Morgan fingerprint density at radius 2 is 1.85 bits per heavy atom. The summed E-state index contributed by atoms with van der Waals surface area (Å²) in [4.78, 5) is 12.5. The highest BCUT2D eigenvalue weighted by atomic mass is 16.2. The van der Waals surface area contributed by atoms with Crippen molar-refractivity contribution in [1.82, 2.24) is 15.0 Å². The summed E-state index contributed by atoms with van der Waals surface area (Å²) in [6.07, 6.45) is 1.36. The summed E-state index contributed by atoms with van der Waals surface area (Å²) < 4.78 is 0. The highest BCUT2D eigenvalue weighted by Gasteiger charge is 2.13. The Labute approximate surface area is 151 Å². The summed E-state index contributed by atoms with van der Waals surface area (Å²) in [7, 11) is 0. The quantitative estimate of drug-likeness (QED) is 0.523. The SMILES string of the molecule is Cc1cccc(C)c1-c1ccc2c(c1)nc(N)c1[nH]c(CCCO)nc12. The maximum Gasteiger partial charge on any atom is 0.150 e. The van der Waals surface area contributed by atoms with Gasteiger partial charge in [-0.05, 0) is 54.7 Å². The van der Waals surface area contributed by atoms with Gasteiger partial charge in [-0.3, -0.25) is 0 Å². The van der Waals surface area contributed by atoms with Gasteiger partial charge in [0.05, 0.1) is 5.52 Å². The topological polar surface area (TPSA) is 87.8 Å². The first kappa shape index (κ1) is 16.5. The van der Waals surface area contributed by atoms with Gasteiger partial charge in [0.2, 0.25) is 0 Å². The van der Waals surface area contributed by atoms with Gasteiger partial charge >= 0.3 is 0 Å².